The molecule has 3 atom stereocenters. The molecular formula is C10H19N5. The highest BCUT2D eigenvalue weighted by atomic mass is 15.5. The Hall–Kier alpha value is -0.970. The molecule has 1 aliphatic carbocycles. The van der Waals surface area contributed by atoms with E-state index in [1.807, 2.05) is 0 Å². The van der Waals surface area contributed by atoms with Crippen molar-refractivity contribution < 1.29 is 0 Å². The summed E-state index contributed by atoms with van der Waals surface area (Å²) in [5.74, 6) is 2.38. The molecule has 0 aliphatic heterocycles. The fraction of sp³-hybridized carbons (Fsp3) is 0.900. The summed E-state index contributed by atoms with van der Waals surface area (Å²) >= 11 is 0. The van der Waals surface area contributed by atoms with Crippen molar-refractivity contribution in [2.24, 2.45) is 11.8 Å². The van der Waals surface area contributed by atoms with Crippen molar-refractivity contribution in [3.05, 3.63) is 5.82 Å². The van der Waals surface area contributed by atoms with Crippen molar-refractivity contribution in [2.45, 2.75) is 45.7 Å². The zero-order chi connectivity index (χ0) is 10.7. The molecule has 84 valence electrons. The van der Waals surface area contributed by atoms with Gasteiger partial charge in [-0.15, -0.1) is 10.2 Å². The number of nitrogens with zero attached hydrogens (tertiary/aromatic N) is 3. The summed E-state index contributed by atoms with van der Waals surface area (Å²) in [5.41, 5.74) is 0. The van der Waals surface area contributed by atoms with Crippen LogP contribution in [0.3, 0.4) is 0 Å². The van der Waals surface area contributed by atoms with Gasteiger partial charge in [-0.3, -0.25) is 0 Å². The van der Waals surface area contributed by atoms with Crippen LogP contribution in [0.1, 0.15) is 38.9 Å². The quantitative estimate of drug-likeness (QED) is 0.782. The van der Waals surface area contributed by atoms with Gasteiger partial charge in [-0.2, -0.15) is 5.21 Å². The largest absolute Gasteiger partial charge is 0.307 e. The normalized spacial score (nSPS) is 31.7. The van der Waals surface area contributed by atoms with Crippen molar-refractivity contribution in [3.8, 4) is 0 Å². The summed E-state index contributed by atoms with van der Waals surface area (Å²) in [6.07, 6.45) is 3.92. The van der Waals surface area contributed by atoms with Gasteiger partial charge < -0.3 is 5.32 Å². The molecule has 1 saturated carbocycles. The zero-order valence-corrected chi connectivity index (χ0v) is 9.40. The number of nitrogens with one attached hydrogen (secondary N) is 2. The minimum Gasteiger partial charge on any atom is -0.307 e. The Morgan fingerprint density at radius 2 is 2.27 bits per heavy atom. The van der Waals surface area contributed by atoms with Gasteiger partial charge in [-0.05, 0) is 31.1 Å². The Morgan fingerprint density at radius 3 is 2.93 bits per heavy atom. The lowest BCUT2D eigenvalue weighted by Gasteiger charge is -2.33. The molecule has 1 fully saturated rings. The molecular weight excluding hydrogens is 190 g/mol. The van der Waals surface area contributed by atoms with Crippen molar-refractivity contribution >= 4 is 0 Å². The van der Waals surface area contributed by atoms with E-state index in [0.29, 0.717) is 6.04 Å². The summed E-state index contributed by atoms with van der Waals surface area (Å²) in [6.45, 7) is 5.38. The van der Waals surface area contributed by atoms with Crippen LogP contribution in [0, 0.1) is 11.8 Å². The van der Waals surface area contributed by atoms with E-state index < -0.39 is 0 Å². The van der Waals surface area contributed by atoms with E-state index >= 15 is 0 Å². The molecule has 0 saturated heterocycles. The molecule has 0 spiro atoms. The highest BCUT2D eigenvalue weighted by molar-refractivity contribution is 4.83. The lowest BCUT2D eigenvalue weighted by molar-refractivity contribution is 0.226. The average Bonchev–Trinajstić information content (AvgIpc) is 2.69. The Bertz CT molecular complexity index is 284. The van der Waals surface area contributed by atoms with E-state index in [1.54, 1.807) is 0 Å². The molecule has 0 amide bonds. The average molecular weight is 209 g/mol. The van der Waals surface area contributed by atoms with Crippen LogP contribution in [0.5, 0.6) is 0 Å². The van der Waals surface area contributed by atoms with E-state index in [-0.39, 0.29) is 0 Å². The fourth-order valence-electron chi connectivity index (χ4n) is 2.45. The number of aromatic nitrogens is 4. The van der Waals surface area contributed by atoms with Crippen molar-refractivity contribution in [2.75, 3.05) is 0 Å². The van der Waals surface area contributed by atoms with E-state index in [9.17, 15) is 0 Å². The van der Waals surface area contributed by atoms with Crippen LogP contribution in [0.2, 0.25) is 0 Å². The Balaban J connectivity index is 1.79. The van der Waals surface area contributed by atoms with Gasteiger partial charge in [-0.1, -0.05) is 19.1 Å². The summed E-state index contributed by atoms with van der Waals surface area (Å²) in [5, 5.41) is 17.4. The Morgan fingerprint density at radius 1 is 1.40 bits per heavy atom. The molecule has 5 nitrogen and oxygen atoms in total. The summed E-state index contributed by atoms with van der Waals surface area (Å²) in [4.78, 5) is 0. The first-order chi connectivity index (χ1) is 7.25. The van der Waals surface area contributed by atoms with Gasteiger partial charge in [0.25, 0.3) is 0 Å². The third-order valence-corrected chi connectivity index (χ3v) is 3.34. The third kappa shape index (κ3) is 2.75. The van der Waals surface area contributed by atoms with Crippen LogP contribution in [-0.4, -0.2) is 26.7 Å². The number of tetrazole rings is 1. The van der Waals surface area contributed by atoms with Crippen LogP contribution < -0.4 is 5.32 Å². The number of hydrogen-bond donors (Lipinski definition) is 2. The topological polar surface area (TPSA) is 66.5 Å². The molecule has 15 heavy (non-hydrogen) atoms. The molecule has 1 aromatic rings. The fourth-order valence-corrected chi connectivity index (χ4v) is 2.45. The molecule has 2 N–H and O–H groups in total. The molecule has 3 unspecified atom stereocenters. The molecule has 0 bridgehead atoms. The van der Waals surface area contributed by atoms with Gasteiger partial charge >= 0.3 is 0 Å². The third-order valence-electron chi connectivity index (χ3n) is 3.34. The van der Waals surface area contributed by atoms with Gasteiger partial charge in [0, 0.05) is 6.04 Å². The maximum atomic E-state index is 3.93. The van der Waals surface area contributed by atoms with Crippen molar-refractivity contribution in [1.82, 2.24) is 25.9 Å². The first-order valence-corrected chi connectivity index (χ1v) is 5.71. The van der Waals surface area contributed by atoms with Gasteiger partial charge in [0.2, 0.25) is 0 Å². The predicted octanol–water partition coefficient (Wildman–Crippen LogP) is 1.11. The lowest BCUT2D eigenvalue weighted by Crippen LogP contribution is -2.38. The van der Waals surface area contributed by atoms with E-state index in [0.717, 1.165) is 24.2 Å². The van der Waals surface area contributed by atoms with Crippen molar-refractivity contribution in [3.63, 3.8) is 0 Å². The highest BCUT2D eigenvalue weighted by Crippen LogP contribution is 2.28. The Labute approximate surface area is 90.0 Å². The maximum Gasteiger partial charge on any atom is 0.188 e. The van der Waals surface area contributed by atoms with Crippen LogP contribution in [-0.2, 0) is 6.54 Å². The van der Waals surface area contributed by atoms with Crippen LogP contribution in [0.15, 0.2) is 0 Å². The number of rotatable bonds is 3. The van der Waals surface area contributed by atoms with Crippen LogP contribution >= 0.6 is 0 Å². The molecule has 1 aliphatic rings. The van der Waals surface area contributed by atoms with Crippen LogP contribution in [0.25, 0.3) is 0 Å². The lowest BCUT2D eigenvalue weighted by atomic mass is 9.80. The number of H-pyrrole nitrogens is 1. The number of aromatic amines is 1. The van der Waals surface area contributed by atoms with Gasteiger partial charge in [-0.25, -0.2) is 0 Å². The Kier molecular flexibility index (Phi) is 3.30. The first kappa shape index (κ1) is 10.5. The zero-order valence-electron chi connectivity index (χ0n) is 9.40. The second kappa shape index (κ2) is 4.70. The van der Waals surface area contributed by atoms with Gasteiger partial charge in [0.1, 0.15) is 0 Å². The van der Waals surface area contributed by atoms with Crippen molar-refractivity contribution in [1.29, 1.82) is 0 Å². The molecule has 0 radical (unpaired) electrons. The van der Waals surface area contributed by atoms with E-state index in [1.165, 1.54) is 19.3 Å². The summed E-state index contributed by atoms with van der Waals surface area (Å²) in [6, 6.07) is 0.611. The molecule has 0 aromatic carbocycles. The molecule has 2 rings (SSSR count). The summed E-state index contributed by atoms with van der Waals surface area (Å²) in [7, 11) is 0. The SMILES string of the molecule is CC1CCC(NCc2nn[nH]n2)C(C)C1. The molecule has 1 heterocycles. The minimum atomic E-state index is 0.611. The first-order valence-electron chi connectivity index (χ1n) is 5.71. The second-order valence-electron chi connectivity index (χ2n) is 4.71. The van der Waals surface area contributed by atoms with Gasteiger partial charge in [0.15, 0.2) is 5.82 Å². The smallest absolute Gasteiger partial charge is 0.188 e. The second-order valence-corrected chi connectivity index (χ2v) is 4.71. The van der Waals surface area contributed by atoms with Gasteiger partial charge in [0.05, 0.1) is 6.54 Å². The van der Waals surface area contributed by atoms with E-state index in [2.05, 4.69) is 39.8 Å². The van der Waals surface area contributed by atoms with Crippen LogP contribution in [0.4, 0.5) is 0 Å². The van der Waals surface area contributed by atoms with E-state index in [4.69, 9.17) is 0 Å². The molecule has 1 aromatic heterocycles. The molecule has 5 heteroatoms. The minimum absolute atomic E-state index is 0.611. The maximum absolute atomic E-state index is 3.93. The highest BCUT2D eigenvalue weighted by Gasteiger charge is 2.24. The number of hydrogen-bond acceptors (Lipinski definition) is 4. The standard InChI is InChI=1S/C10H19N5/c1-7-3-4-9(8(2)5-7)11-6-10-12-14-15-13-10/h7-9,11H,3-6H2,1-2H3,(H,12,13,14,15). The predicted molar refractivity (Wildman–Crippen MR) is 57.0 cm³/mol. The summed E-state index contributed by atoms with van der Waals surface area (Å²) < 4.78 is 0. The monoisotopic (exact) mass is 209 g/mol.